The second-order valence-electron chi connectivity index (χ2n) is 8.04. The van der Waals surface area contributed by atoms with E-state index in [1.807, 2.05) is 0 Å². The van der Waals surface area contributed by atoms with Gasteiger partial charge in [0, 0.05) is 18.2 Å². The molecule has 3 atom stereocenters. The highest BCUT2D eigenvalue weighted by molar-refractivity contribution is 7.91. The molecule has 2 aromatic rings. The minimum absolute atomic E-state index is 0.0310. The molecule has 0 radical (unpaired) electrons. The van der Waals surface area contributed by atoms with Gasteiger partial charge in [0.1, 0.15) is 5.82 Å². The van der Waals surface area contributed by atoms with E-state index in [2.05, 4.69) is 16.0 Å². The molecule has 0 aliphatic carbocycles. The monoisotopic (exact) mass is 431 g/mol. The summed E-state index contributed by atoms with van der Waals surface area (Å²) in [6.45, 7) is 3.70. The summed E-state index contributed by atoms with van der Waals surface area (Å²) >= 11 is 0. The van der Waals surface area contributed by atoms with Crippen molar-refractivity contribution in [3.8, 4) is 0 Å². The molecule has 30 heavy (non-hydrogen) atoms. The van der Waals surface area contributed by atoms with E-state index in [4.69, 9.17) is 0 Å². The Morgan fingerprint density at radius 1 is 1.20 bits per heavy atom. The van der Waals surface area contributed by atoms with Gasteiger partial charge in [-0.1, -0.05) is 18.2 Å². The second kappa shape index (κ2) is 8.45. The third kappa shape index (κ3) is 4.12. The Bertz CT molecular complexity index is 1030. The van der Waals surface area contributed by atoms with Crippen LogP contribution in [-0.4, -0.2) is 39.5 Å². The number of fused-ring (bicyclic) bond motifs is 1. The first-order valence-corrected chi connectivity index (χ1v) is 11.7. The van der Waals surface area contributed by atoms with Crippen molar-refractivity contribution in [2.24, 2.45) is 5.92 Å². The summed E-state index contributed by atoms with van der Waals surface area (Å²) in [5, 5.41) is 9.73. The lowest BCUT2D eigenvalue weighted by atomic mass is 9.94. The van der Waals surface area contributed by atoms with Crippen LogP contribution in [0.25, 0.3) is 0 Å². The molecule has 160 valence electrons. The van der Waals surface area contributed by atoms with Gasteiger partial charge in [-0.3, -0.25) is 4.79 Å². The summed E-state index contributed by atoms with van der Waals surface area (Å²) in [6, 6.07) is 10.6. The third-order valence-corrected chi connectivity index (χ3v) is 8.00. The van der Waals surface area contributed by atoms with Gasteiger partial charge >= 0.3 is 0 Å². The van der Waals surface area contributed by atoms with Crippen molar-refractivity contribution in [3.63, 3.8) is 0 Å². The van der Waals surface area contributed by atoms with Gasteiger partial charge in [0.2, 0.25) is 15.7 Å². The van der Waals surface area contributed by atoms with Crippen LogP contribution in [0.2, 0.25) is 0 Å². The van der Waals surface area contributed by atoms with E-state index < -0.39 is 15.7 Å². The van der Waals surface area contributed by atoms with E-state index in [-0.39, 0.29) is 27.3 Å². The van der Waals surface area contributed by atoms with Crippen molar-refractivity contribution >= 4 is 15.7 Å². The zero-order chi connectivity index (χ0) is 21.3. The van der Waals surface area contributed by atoms with E-state index in [0.717, 1.165) is 31.5 Å². The molecule has 2 aromatic carbocycles. The molecule has 0 spiro atoms. The van der Waals surface area contributed by atoms with Gasteiger partial charge in [0.25, 0.3) is 0 Å². The molecular formula is C22H26FN3O3S. The number of amides is 1. The maximum Gasteiger partial charge on any atom is 0.237 e. The first-order chi connectivity index (χ1) is 14.4. The number of rotatable bonds is 5. The number of halogens is 1. The molecule has 2 heterocycles. The van der Waals surface area contributed by atoms with Crippen LogP contribution in [-0.2, 0) is 21.2 Å². The molecular weight excluding hydrogens is 405 g/mol. The van der Waals surface area contributed by atoms with Crippen molar-refractivity contribution in [2.75, 3.05) is 13.1 Å². The molecule has 8 heteroatoms. The Kier molecular flexibility index (Phi) is 5.90. The molecule has 2 saturated heterocycles. The Labute approximate surface area is 176 Å². The van der Waals surface area contributed by atoms with Crippen LogP contribution in [0.1, 0.15) is 24.0 Å². The van der Waals surface area contributed by atoms with Crippen LogP contribution in [0.5, 0.6) is 0 Å². The van der Waals surface area contributed by atoms with E-state index >= 15 is 0 Å². The van der Waals surface area contributed by atoms with E-state index in [9.17, 15) is 17.6 Å². The van der Waals surface area contributed by atoms with Gasteiger partial charge in [-0.05, 0) is 68.6 Å². The highest BCUT2D eigenvalue weighted by atomic mass is 32.2. The van der Waals surface area contributed by atoms with Crippen LogP contribution < -0.4 is 16.0 Å². The first kappa shape index (κ1) is 21.0. The highest BCUT2D eigenvalue weighted by Gasteiger charge is 2.38. The normalized spacial score (nSPS) is 23.7. The van der Waals surface area contributed by atoms with Gasteiger partial charge in [-0.25, -0.2) is 12.8 Å². The molecule has 0 saturated carbocycles. The standard InChI is InChI=1S/C22H26FN3O3S/c1-14-18(23)3-2-4-21(14)30(28,29)17-7-5-15(6-8-17)12-25-22(27)20-11-16-13-24-10-9-19(16)26-20/h2-8,16,19-20,24,26H,9-13H2,1H3,(H,25,27). The number of piperidine rings is 1. The average Bonchev–Trinajstić information content (AvgIpc) is 3.18. The summed E-state index contributed by atoms with van der Waals surface area (Å²) in [6.07, 6.45) is 1.86. The summed E-state index contributed by atoms with van der Waals surface area (Å²) in [5.74, 6) is -0.0895. The number of hydrogen-bond acceptors (Lipinski definition) is 5. The quantitative estimate of drug-likeness (QED) is 0.673. The van der Waals surface area contributed by atoms with Crippen molar-refractivity contribution < 1.29 is 17.6 Å². The van der Waals surface area contributed by atoms with Gasteiger partial charge in [-0.2, -0.15) is 0 Å². The lowest BCUT2D eigenvalue weighted by Gasteiger charge is -2.25. The van der Waals surface area contributed by atoms with E-state index in [1.165, 1.54) is 37.3 Å². The molecule has 0 bridgehead atoms. The van der Waals surface area contributed by atoms with Crippen LogP contribution in [0.4, 0.5) is 4.39 Å². The molecule has 2 fully saturated rings. The number of carbonyl (C=O) groups excluding carboxylic acids is 1. The number of nitrogens with one attached hydrogen (secondary N) is 3. The number of carbonyl (C=O) groups is 1. The summed E-state index contributed by atoms with van der Waals surface area (Å²) in [5.41, 5.74) is 0.906. The predicted molar refractivity (Wildman–Crippen MR) is 111 cm³/mol. The topological polar surface area (TPSA) is 87.3 Å². The van der Waals surface area contributed by atoms with Crippen molar-refractivity contribution in [1.29, 1.82) is 0 Å². The number of sulfone groups is 1. The lowest BCUT2D eigenvalue weighted by molar-refractivity contribution is -0.123. The average molecular weight is 432 g/mol. The minimum atomic E-state index is -3.81. The Morgan fingerprint density at radius 2 is 1.97 bits per heavy atom. The SMILES string of the molecule is Cc1c(F)cccc1S(=O)(=O)c1ccc(CNC(=O)C2CC3CNCCC3N2)cc1. The summed E-state index contributed by atoms with van der Waals surface area (Å²) in [7, 11) is -3.81. The maximum absolute atomic E-state index is 13.8. The van der Waals surface area contributed by atoms with Crippen molar-refractivity contribution in [3.05, 3.63) is 59.4 Å². The van der Waals surface area contributed by atoms with Crippen molar-refractivity contribution in [1.82, 2.24) is 16.0 Å². The first-order valence-electron chi connectivity index (χ1n) is 10.2. The minimum Gasteiger partial charge on any atom is -0.351 e. The smallest absolute Gasteiger partial charge is 0.237 e. The fraction of sp³-hybridized carbons (Fsp3) is 0.409. The van der Waals surface area contributed by atoms with Gasteiger partial charge < -0.3 is 16.0 Å². The predicted octanol–water partition coefficient (Wildman–Crippen LogP) is 1.92. The molecule has 3 N–H and O–H groups in total. The van der Waals surface area contributed by atoms with E-state index in [1.54, 1.807) is 12.1 Å². The largest absolute Gasteiger partial charge is 0.351 e. The summed E-state index contributed by atoms with van der Waals surface area (Å²) < 4.78 is 39.4. The molecule has 3 unspecified atom stereocenters. The Morgan fingerprint density at radius 3 is 2.70 bits per heavy atom. The van der Waals surface area contributed by atoms with Crippen LogP contribution in [0.3, 0.4) is 0 Å². The summed E-state index contributed by atoms with van der Waals surface area (Å²) in [4.78, 5) is 12.6. The lowest BCUT2D eigenvalue weighted by Crippen LogP contribution is -2.45. The molecule has 0 aromatic heterocycles. The Balaban J connectivity index is 1.39. The van der Waals surface area contributed by atoms with Crippen LogP contribution in [0, 0.1) is 18.7 Å². The molecule has 2 aliphatic rings. The maximum atomic E-state index is 13.8. The van der Waals surface area contributed by atoms with Gasteiger partial charge in [-0.15, -0.1) is 0 Å². The van der Waals surface area contributed by atoms with Gasteiger partial charge in [0.15, 0.2) is 0 Å². The van der Waals surface area contributed by atoms with Crippen molar-refractivity contribution in [2.45, 2.75) is 48.2 Å². The second-order valence-corrected chi connectivity index (χ2v) is 9.96. The zero-order valence-corrected chi connectivity index (χ0v) is 17.6. The zero-order valence-electron chi connectivity index (χ0n) is 16.8. The molecule has 2 aliphatic heterocycles. The number of benzene rings is 2. The highest BCUT2D eigenvalue weighted by Crippen LogP contribution is 2.26. The number of hydrogen-bond donors (Lipinski definition) is 3. The molecule has 1 amide bonds. The van der Waals surface area contributed by atoms with E-state index in [0.29, 0.717) is 18.5 Å². The third-order valence-electron chi connectivity index (χ3n) is 6.09. The molecule has 6 nitrogen and oxygen atoms in total. The molecule has 4 rings (SSSR count). The van der Waals surface area contributed by atoms with Gasteiger partial charge in [0.05, 0.1) is 15.8 Å². The fourth-order valence-corrected chi connectivity index (χ4v) is 5.81. The fourth-order valence-electron chi connectivity index (χ4n) is 4.31. The van der Waals surface area contributed by atoms with Crippen LogP contribution in [0.15, 0.2) is 52.3 Å². The Hall–Kier alpha value is -2.29. The van der Waals surface area contributed by atoms with Crippen LogP contribution >= 0.6 is 0 Å².